The molecule has 1 aromatic carbocycles. The third-order valence-electron chi connectivity index (χ3n) is 5.39. The number of ether oxygens (including phenoxy) is 1. The summed E-state index contributed by atoms with van der Waals surface area (Å²) in [5.41, 5.74) is 1.50. The van der Waals surface area contributed by atoms with Crippen LogP contribution in [0.1, 0.15) is 66.3 Å². The van der Waals surface area contributed by atoms with E-state index in [1.54, 1.807) is 30.3 Å². The van der Waals surface area contributed by atoms with Crippen LogP contribution in [0.2, 0.25) is 0 Å². The fourth-order valence-corrected chi connectivity index (χ4v) is 3.77. The van der Waals surface area contributed by atoms with Crippen molar-refractivity contribution in [2.24, 2.45) is 17.8 Å². The van der Waals surface area contributed by atoms with Crippen LogP contribution in [0.4, 0.5) is 0 Å². The molecule has 4 heteroatoms. The molecule has 0 amide bonds. The quantitative estimate of drug-likeness (QED) is 0.552. The topological polar surface area (TPSA) is 56.5 Å². The van der Waals surface area contributed by atoms with Crippen LogP contribution in [-0.4, -0.2) is 17.9 Å². The monoisotopic (exact) mass is 354 g/mol. The van der Waals surface area contributed by atoms with Gasteiger partial charge in [0.05, 0.1) is 17.4 Å². The summed E-state index contributed by atoms with van der Waals surface area (Å²) >= 11 is 0. The largest absolute Gasteiger partial charge is 0.472 e. The van der Waals surface area contributed by atoms with Gasteiger partial charge >= 0.3 is 5.97 Å². The van der Waals surface area contributed by atoms with Gasteiger partial charge in [0.2, 0.25) is 0 Å². The molecule has 138 valence electrons. The number of ketones is 1. The van der Waals surface area contributed by atoms with Crippen LogP contribution in [0, 0.1) is 17.8 Å². The summed E-state index contributed by atoms with van der Waals surface area (Å²) in [6.07, 6.45) is 6.08. The second-order valence-electron chi connectivity index (χ2n) is 7.69. The van der Waals surface area contributed by atoms with Crippen molar-refractivity contribution >= 4 is 11.8 Å². The van der Waals surface area contributed by atoms with E-state index in [0.717, 1.165) is 12.8 Å². The van der Waals surface area contributed by atoms with E-state index in [1.165, 1.54) is 18.9 Å². The molecule has 0 aliphatic heterocycles. The van der Waals surface area contributed by atoms with Crippen molar-refractivity contribution < 1.29 is 18.7 Å². The fourth-order valence-electron chi connectivity index (χ4n) is 3.77. The van der Waals surface area contributed by atoms with E-state index >= 15 is 0 Å². The minimum atomic E-state index is -0.308. The van der Waals surface area contributed by atoms with Gasteiger partial charge in [0.15, 0.2) is 5.78 Å². The Balaban J connectivity index is 1.68. The molecule has 1 fully saturated rings. The third-order valence-corrected chi connectivity index (χ3v) is 5.39. The molecular weight excluding hydrogens is 328 g/mol. The first-order valence-electron chi connectivity index (χ1n) is 9.33. The van der Waals surface area contributed by atoms with Crippen LogP contribution < -0.4 is 0 Å². The van der Waals surface area contributed by atoms with Crippen molar-refractivity contribution in [3.05, 3.63) is 59.5 Å². The molecule has 0 saturated heterocycles. The highest BCUT2D eigenvalue weighted by Gasteiger charge is 2.33. The Morgan fingerprint density at radius 3 is 2.35 bits per heavy atom. The Labute approximate surface area is 154 Å². The number of esters is 1. The number of hydrogen-bond donors (Lipinski definition) is 0. The zero-order valence-electron chi connectivity index (χ0n) is 15.6. The lowest BCUT2D eigenvalue weighted by Gasteiger charge is -2.36. The van der Waals surface area contributed by atoms with Crippen molar-refractivity contribution in [3.8, 4) is 0 Å². The lowest BCUT2D eigenvalue weighted by atomic mass is 9.75. The van der Waals surface area contributed by atoms with Gasteiger partial charge in [-0.3, -0.25) is 4.79 Å². The number of rotatable bonds is 5. The van der Waals surface area contributed by atoms with E-state index in [4.69, 9.17) is 9.15 Å². The molecule has 3 atom stereocenters. The number of furan rings is 1. The van der Waals surface area contributed by atoms with Gasteiger partial charge in [0.25, 0.3) is 0 Å². The zero-order valence-corrected chi connectivity index (χ0v) is 15.6. The predicted molar refractivity (Wildman–Crippen MR) is 99.1 cm³/mol. The zero-order chi connectivity index (χ0) is 18.7. The molecule has 2 aromatic rings. The summed E-state index contributed by atoms with van der Waals surface area (Å²) in [4.78, 5) is 24.9. The standard InChI is InChI=1S/C22H26O4/c1-14(2)19-9-4-15(3)12-20(19)26-22(24)17-7-5-16(6-8-17)21(23)18-10-11-25-13-18/h5-8,10-11,13-15,19-20H,4,9,12H2,1-3H3/t15-,19+,20-/m1/s1. The first kappa shape index (κ1) is 18.4. The Kier molecular flexibility index (Phi) is 5.60. The van der Waals surface area contributed by atoms with Gasteiger partial charge < -0.3 is 9.15 Å². The average molecular weight is 354 g/mol. The van der Waals surface area contributed by atoms with E-state index < -0.39 is 0 Å². The van der Waals surface area contributed by atoms with Crippen molar-refractivity contribution in [1.29, 1.82) is 0 Å². The third kappa shape index (κ3) is 4.06. The Bertz CT molecular complexity index is 743. The molecule has 1 aliphatic rings. The lowest BCUT2D eigenvalue weighted by molar-refractivity contribution is -0.0174. The van der Waals surface area contributed by atoms with Crippen molar-refractivity contribution in [2.45, 2.75) is 46.1 Å². The average Bonchev–Trinajstić information content (AvgIpc) is 3.15. The summed E-state index contributed by atoms with van der Waals surface area (Å²) in [7, 11) is 0. The summed E-state index contributed by atoms with van der Waals surface area (Å²) in [5, 5.41) is 0. The van der Waals surface area contributed by atoms with Crippen LogP contribution in [0.15, 0.2) is 47.3 Å². The minimum Gasteiger partial charge on any atom is -0.472 e. The predicted octanol–water partition coefficient (Wildman–Crippen LogP) is 5.13. The van der Waals surface area contributed by atoms with E-state index in [2.05, 4.69) is 20.8 Å². The highest BCUT2D eigenvalue weighted by molar-refractivity contribution is 6.09. The molecule has 1 saturated carbocycles. The number of hydrogen-bond acceptors (Lipinski definition) is 4. The number of benzene rings is 1. The maximum atomic E-state index is 12.6. The fraction of sp³-hybridized carbons (Fsp3) is 0.455. The van der Waals surface area contributed by atoms with Gasteiger partial charge in [0.1, 0.15) is 12.4 Å². The molecule has 0 bridgehead atoms. The summed E-state index contributed by atoms with van der Waals surface area (Å²) in [5.74, 6) is 1.06. The Morgan fingerprint density at radius 1 is 1.04 bits per heavy atom. The maximum Gasteiger partial charge on any atom is 0.338 e. The molecule has 4 nitrogen and oxygen atoms in total. The smallest absolute Gasteiger partial charge is 0.338 e. The second kappa shape index (κ2) is 7.90. The highest BCUT2D eigenvalue weighted by Crippen LogP contribution is 2.35. The van der Waals surface area contributed by atoms with Crippen LogP contribution >= 0.6 is 0 Å². The summed E-state index contributed by atoms with van der Waals surface area (Å²) < 4.78 is 10.8. The molecule has 0 N–H and O–H groups in total. The van der Waals surface area contributed by atoms with E-state index in [1.807, 2.05) is 0 Å². The number of carbonyl (C=O) groups is 2. The first-order chi connectivity index (χ1) is 12.5. The highest BCUT2D eigenvalue weighted by atomic mass is 16.5. The molecule has 1 heterocycles. The maximum absolute atomic E-state index is 12.6. The van der Waals surface area contributed by atoms with Crippen molar-refractivity contribution in [1.82, 2.24) is 0 Å². The van der Waals surface area contributed by atoms with Crippen molar-refractivity contribution in [2.75, 3.05) is 0 Å². The normalized spacial score (nSPS) is 23.0. The molecule has 0 unspecified atom stereocenters. The van der Waals surface area contributed by atoms with Gasteiger partial charge in [-0.05, 0) is 48.8 Å². The molecular formula is C22H26O4. The molecule has 1 aliphatic carbocycles. The van der Waals surface area contributed by atoms with Crippen LogP contribution in [0.5, 0.6) is 0 Å². The molecule has 3 rings (SSSR count). The van der Waals surface area contributed by atoms with Gasteiger partial charge in [-0.1, -0.05) is 39.3 Å². The van der Waals surface area contributed by atoms with Crippen molar-refractivity contribution in [3.63, 3.8) is 0 Å². The molecule has 0 spiro atoms. The molecule has 0 radical (unpaired) electrons. The van der Waals surface area contributed by atoms with Gasteiger partial charge in [-0.15, -0.1) is 0 Å². The van der Waals surface area contributed by atoms with Gasteiger partial charge in [0, 0.05) is 5.56 Å². The Morgan fingerprint density at radius 2 is 1.73 bits per heavy atom. The lowest BCUT2D eigenvalue weighted by Crippen LogP contribution is -2.35. The molecule has 1 aromatic heterocycles. The summed E-state index contributed by atoms with van der Waals surface area (Å²) in [6.45, 7) is 6.60. The van der Waals surface area contributed by atoms with Crippen LogP contribution in [0.25, 0.3) is 0 Å². The second-order valence-corrected chi connectivity index (χ2v) is 7.69. The van der Waals surface area contributed by atoms with Crippen LogP contribution in [-0.2, 0) is 4.74 Å². The number of carbonyl (C=O) groups excluding carboxylic acids is 2. The van der Waals surface area contributed by atoms with Crippen LogP contribution in [0.3, 0.4) is 0 Å². The van der Waals surface area contributed by atoms with E-state index in [-0.39, 0.29) is 17.9 Å². The molecule has 26 heavy (non-hydrogen) atoms. The summed E-state index contributed by atoms with van der Waals surface area (Å²) in [6, 6.07) is 8.27. The van der Waals surface area contributed by atoms with E-state index in [0.29, 0.717) is 34.4 Å². The Hall–Kier alpha value is -2.36. The van der Waals surface area contributed by atoms with Gasteiger partial charge in [-0.2, -0.15) is 0 Å². The van der Waals surface area contributed by atoms with Gasteiger partial charge in [-0.25, -0.2) is 4.79 Å². The first-order valence-corrected chi connectivity index (χ1v) is 9.33. The SMILES string of the molecule is CC(C)[C@@H]1CC[C@@H](C)C[C@H]1OC(=O)c1ccc(C(=O)c2ccoc2)cc1. The minimum absolute atomic E-state index is 0.0292. The van der Waals surface area contributed by atoms with E-state index in [9.17, 15) is 9.59 Å².